The number of nitro groups is 1. The van der Waals surface area contributed by atoms with Crippen molar-refractivity contribution in [1.29, 1.82) is 0 Å². The van der Waals surface area contributed by atoms with Crippen molar-refractivity contribution >= 4 is 23.7 Å². The topological polar surface area (TPSA) is 134 Å². The lowest BCUT2D eigenvalue weighted by atomic mass is 10.1. The largest absolute Gasteiger partial charge is 0.460 e. The Morgan fingerprint density at radius 1 is 1.00 bits per heavy atom. The second-order valence-corrected chi connectivity index (χ2v) is 8.50. The minimum absolute atomic E-state index is 0.0492. The maximum absolute atomic E-state index is 12.4. The smallest absolute Gasteiger partial charge is 0.413 e. The van der Waals surface area contributed by atoms with Crippen molar-refractivity contribution in [3.05, 3.63) is 34.4 Å². The van der Waals surface area contributed by atoms with Crippen molar-refractivity contribution in [3.8, 4) is 5.75 Å². The lowest BCUT2D eigenvalue weighted by Crippen LogP contribution is -2.45. The van der Waals surface area contributed by atoms with Gasteiger partial charge < -0.3 is 19.5 Å². The molecule has 0 bridgehead atoms. The van der Waals surface area contributed by atoms with Crippen molar-refractivity contribution in [2.75, 3.05) is 0 Å². The van der Waals surface area contributed by atoms with Gasteiger partial charge >= 0.3 is 18.0 Å². The highest BCUT2D eigenvalue weighted by molar-refractivity contribution is 5.83. The average molecular weight is 424 g/mol. The molecule has 1 rings (SSSR count). The number of hydrogen-bond donors (Lipinski definition) is 1. The minimum Gasteiger partial charge on any atom is -0.460 e. The monoisotopic (exact) mass is 424 g/mol. The van der Waals surface area contributed by atoms with Gasteiger partial charge in [0, 0.05) is 18.6 Å². The van der Waals surface area contributed by atoms with Gasteiger partial charge in [0.2, 0.25) is 0 Å². The van der Waals surface area contributed by atoms with E-state index in [2.05, 4.69) is 5.32 Å². The molecule has 0 saturated heterocycles. The summed E-state index contributed by atoms with van der Waals surface area (Å²) >= 11 is 0. The fraction of sp³-hybridized carbons (Fsp3) is 0.550. The van der Waals surface area contributed by atoms with Gasteiger partial charge in [0.25, 0.3) is 5.69 Å². The first kappa shape index (κ1) is 24.9. The van der Waals surface area contributed by atoms with Crippen LogP contribution in [0.15, 0.2) is 24.3 Å². The number of esters is 2. The Labute approximate surface area is 175 Å². The number of nitro benzene ring substituents is 1. The number of hydrogen-bond acceptors (Lipinski definition) is 8. The van der Waals surface area contributed by atoms with E-state index >= 15 is 0 Å². The first-order valence-corrected chi connectivity index (χ1v) is 9.34. The van der Waals surface area contributed by atoms with E-state index in [9.17, 15) is 24.5 Å². The quantitative estimate of drug-likeness (QED) is 0.399. The van der Waals surface area contributed by atoms with Gasteiger partial charge in [-0.2, -0.15) is 0 Å². The fourth-order valence-electron chi connectivity index (χ4n) is 2.19. The molecular weight excluding hydrogens is 396 g/mol. The Balaban J connectivity index is 2.80. The Morgan fingerprint density at radius 2 is 1.53 bits per heavy atom. The third-order valence-electron chi connectivity index (χ3n) is 3.30. The predicted molar refractivity (Wildman–Crippen MR) is 107 cm³/mol. The second kappa shape index (κ2) is 10.0. The lowest BCUT2D eigenvalue weighted by Gasteiger charge is -2.25. The lowest BCUT2D eigenvalue weighted by molar-refractivity contribution is -0.384. The highest BCUT2D eigenvalue weighted by Crippen LogP contribution is 2.18. The van der Waals surface area contributed by atoms with Crippen LogP contribution in [0, 0.1) is 10.1 Å². The number of carbonyl (C=O) groups excluding carboxylic acids is 3. The molecule has 0 aromatic heterocycles. The molecule has 0 heterocycles. The summed E-state index contributed by atoms with van der Waals surface area (Å²) in [6, 6.07) is 3.71. The van der Waals surface area contributed by atoms with Gasteiger partial charge in [-0.15, -0.1) is 0 Å². The van der Waals surface area contributed by atoms with Crippen LogP contribution in [-0.2, 0) is 19.1 Å². The number of non-ortho nitro benzene ring substituents is 1. The van der Waals surface area contributed by atoms with Crippen molar-refractivity contribution in [2.24, 2.45) is 0 Å². The van der Waals surface area contributed by atoms with Gasteiger partial charge in [-0.25, -0.2) is 9.59 Å². The van der Waals surface area contributed by atoms with E-state index in [-0.39, 0.29) is 24.3 Å². The molecule has 166 valence electrons. The van der Waals surface area contributed by atoms with E-state index in [0.717, 1.165) is 0 Å². The first-order chi connectivity index (χ1) is 13.7. The van der Waals surface area contributed by atoms with Crippen LogP contribution in [0.1, 0.15) is 54.4 Å². The second-order valence-electron chi connectivity index (χ2n) is 8.50. The summed E-state index contributed by atoms with van der Waals surface area (Å²) in [4.78, 5) is 46.7. The summed E-state index contributed by atoms with van der Waals surface area (Å²) in [5, 5.41) is 13.0. The van der Waals surface area contributed by atoms with Crippen molar-refractivity contribution in [3.63, 3.8) is 0 Å². The molecule has 10 nitrogen and oxygen atoms in total. The zero-order valence-corrected chi connectivity index (χ0v) is 18.0. The summed E-state index contributed by atoms with van der Waals surface area (Å²) in [5.74, 6) is -1.21. The Hall–Kier alpha value is -3.17. The molecule has 0 saturated carbocycles. The van der Waals surface area contributed by atoms with Gasteiger partial charge in [-0.3, -0.25) is 14.9 Å². The van der Waals surface area contributed by atoms with Crippen LogP contribution in [0.5, 0.6) is 5.75 Å². The molecule has 0 unspecified atom stereocenters. The van der Waals surface area contributed by atoms with Crippen molar-refractivity contribution < 1.29 is 33.5 Å². The van der Waals surface area contributed by atoms with E-state index in [4.69, 9.17) is 14.2 Å². The van der Waals surface area contributed by atoms with Gasteiger partial charge in [-0.1, -0.05) is 0 Å². The molecular formula is C20H28N2O8. The molecule has 1 N–H and O–H groups in total. The van der Waals surface area contributed by atoms with E-state index in [1.807, 2.05) is 0 Å². The minimum atomic E-state index is -1.15. The Bertz CT molecular complexity index is 775. The predicted octanol–water partition coefficient (Wildman–Crippen LogP) is 3.52. The van der Waals surface area contributed by atoms with Crippen LogP contribution >= 0.6 is 0 Å². The molecule has 0 aliphatic carbocycles. The van der Waals surface area contributed by atoms with Gasteiger partial charge in [-0.05, 0) is 60.1 Å². The highest BCUT2D eigenvalue weighted by Gasteiger charge is 2.29. The summed E-state index contributed by atoms with van der Waals surface area (Å²) in [6.07, 6.45) is -1.15. The molecule has 0 radical (unpaired) electrons. The number of amides is 1. The third-order valence-corrected chi connectivity index (χ3v) is 3.30. The van der Waals surface area contributed by atoms with Crippen LogP contribution in [-0.4, -0.2) is 40.2 Å². The SMILES string of the molecule is CC(C)(C)OC(=O)CC[C@@H](NC(=O)Oc1ccc([N+](=O)[O-])cc1)C(=O)OC(C)(C)C. The molecule has 1 amide bonds. The Kier molecular flexibility index (Phi) is 8.32. The molecule has 1 aromatic rings. The molecule has 10 heteroatoms. The maximum atomic E-state index is 12.4. The maximum Gasteiger partial charge on any atom is 0.413 e. The molecule has 0 spiro atoms. The molecule has 1 atom stereocenters. The number of benzene rings is 1. The highest BCUT2D eigenvalue weighted by atomic mass is 16.6. The van der Waals surface area contributed by atoms with Crippen LogP contribution in [0.2, 0.25) is 0 Å². The normalized spacial score (nSPS) is 12.5. The summed E-state index contributed by atoms with van der Waals surface area (Å²) in [6.45, 7) is 10.2. The van der Waals surface area contributed by atoms with Crippen LogP contribution in [0.3, 0.4) is 0 Å². The average Bonchev–Trinajstić information content (AvgIpc) is 2.55. The van der Waals surface area contributed by atoms with Crippen molar-refractivity contribution in [2.45, 2.75) is 71.6 Å². The zero-order valence-electron chi connectivity index (χ0n) is 18.0. The van der Waals surface area contributed by atoms with E-state index < -0.39 is 40.2 Å². The molecule has 1 aromatic carbocycles. The molecule has 0 fully saturated rings. The summed E-state index contributed by atoms with van der Waals surface area (Å²) in [5.41, 5.74) is -1.64. The van der Waals surface area contributed by atoms with Crippen LogP contribution in [0.25, 0.3) is 0 Å². The molecule has 0 aliphatic heterocycles. The van der Waals surface area contributed by atoms with Crippen molar-refractivity contribution in [1.82, 2.24) is 5.32 Å². The fourth-order valence-corrected chi connectivity index (χ4v) is 2.19. The zero-order chi connectivity index (χ0) is 23.1. The third kappa shape index (κ3) is 9.85. The summed E-state index contributed by atoms with van der Waals surface area (Å²) in [7, 11) is 0. The number of rotatable bonds is 7. The van der Waals surface area contributed by atoms with Gasteiger partial charge in [0.15, 0.2) is 0 Å². The number of nitrogens with one attached hydrogen (secondary N) is 1. The summed E-state index contributed by atoms with van der Waals surface area (Å²) < 4.78 is 15.6. The number of carbonyl (C=O) groups is 3. The van der Waals surface area contributed by atoms with Crippen LogP contribution < -0.4 is 10.1 Å². The number of nitrogens with zero attached hydrogens (tertiary/aromatic N) is 1. The number of ether oxygens (including phenoxy) is 3. The van der Waals surface area contributed by atoms with E-state index in [1.165, 1.54) is 24.3 Å². The van der Waals surface area contributed by atoms with Gasteiger partial charge in [0.05, 0.1) is 4.92 Å². The Morgan fingerprint density at radius 3 is 2.00 bits per heavy atom. The molecule has 0 aliphatic rings. The first-order valence-electron chi connectivity index (χ1n) is 9.34. The van der Waals surface area contributed by atoms with Gasteiger partial charge in [0.1, 0.15) is 23.0 Å². The van der Waals surface area contributed by atoms with E-state index in [1.54, 1.807) is 41.5 Å². The standard InChI is InChI=1S/C20H28N2O8/c1-19(2,3)29-16(23)12-11-15(17(24)30-20(4,5)6)21-18(25)28-14-9-7-13(8-10-14)22(26)27/h7-10,15H,11-12H2,1-6H3,(H,21,25)/t15-/m1/s1. The van der Waals surface area contributed by atoms with Crippen LogP contribution in [0.4, 0.5) is 10.5 Å². The molecule has 30 heavy (non-hydrogen) atoms. The van der Waals surface area contributed by atoms with E-state index in [0.29, 0.717) is 0 Å².